The van der Waals surface area contributed by atoms with E-state index in [2.05, 4.69) is 34.1 Å². The molecule has 0 N–H and O–H groups in total. The second-order valence-electron chi connectivity index (χ2n) is 7.29. The lowest BCUT2D eigenvalue weighted by Crippen LogP contribution is -2.42. The molecule has 1 saturated carbocycles. The minimum Gasteiger partial charge on any atom is -0.384 e. The molecule has 4 nitrogen and oxygen atoms in total. The van der Waals surface area contributed by atoms with Crippen LogP contribution >= 0.6 is 0 Å². The summed E-state index contributed by atoms with van der Waals surface area (Å²) >= 11 is 0. The molecule has 4 heteroatoms. The third-order valence-electron chi connectivity index (χ3n) is 5.12. The fraction of sp³-hybridized carbons (Fsp3) is 0.650. The highest BCUT2D eigenvalue weighted by Gasteiger charge is 2.33. The fourth-order valence-electron chi connectivity index (χ4n) is 3.70. The van der Waals surface area contributed by atoms with Crippen molar-refractivity contribution >= 4 is 5.91 Å². The standard InChI is InChI=1S/C20H30N2O2/c1-24-16-18-9-5-6-12-21(13-18)15-20(23)22(19-10-11-19)14-17-7-3-2-4-8-17/h2-4,7-8,18-19H,5-6,9-16H2,1H3/t18-/m1/s1. The summed E-state index contributed by atoms with van der Waals surface area (Å²) in [7, 11) is 1.77. The number of ether oxygens (including phenoxy) is 1. The van der Waals surface area contributed by atoms with Gasteiger partial charge in [0, 0.05) is 26.2 Å². The second kappa shape index (κ2) is 8.63. The fourth-order valence-corrected chi connectivity index (χ4v) is 3.70. The van der Waals surface area contributed by atoms with E-state index < -0.39 is 0 Å². The molecular weight excluding hydrogens is 300 g/mol. The van der Waals surface area contributed by atoms with Crippen LogP contribution in [0.2, 0.25) is 0 Å². The molecule has 1 aromatic carbocycles. The number of amides is 1. The molecule has 1 saturated heterocycles. The van der Waals surface area contributed by atoms with E-state index in [0.717, 1.165) is 39.1 Å². The van der Waals surface area contributed by atoms with Gasteiger partial charge in [-0.15, -0.1) is 0 Å². The molecule has 1 aliphatic heterocycles. The van der Waals surface area contributed by atoms with E-state index in [1.54, 1.807) is 7.11 Å². The molecule has 1 atom stereocenters. The number of hydrogen-bond donors (Lipinski definition) is 0. The van der Waals surface area contributed by atoms with Gasteiger partial charge >= 0.3 is 0 Å². The van der Waals surface area contributed by atoms with Gasteiger partial charge < -0.3 is 9.64 Å². The zero-order chi connectivity index (χ0) is 16.8. The van der Waals surface area contributed by atoms with E-state index in [1.807, 2.05) is 6.07 Å². The average Bonchev–Trinajstić information content (AvgIpc) is 3.42. The first-order chi connectivity index (χ1) is 11.8. The monoisotopic (exact) mass is 330 g/mol. The van der Waals surface area contributed by atoms with Crippen molar-refractivity contribution < 1.29 is 9.53 Å². The van der Waals surface area contributed by atoms with Gasteiger partial charge in [-0.1, -0.05) is 36.8 Å². The Kier molecular flexibility index (Phi) is 6.27. The average molecular weight is 330 g/mol. The molecule has 24 heavy (non-hydrogen) atoms. The van der Waals surface area contributed by atoms with Gasteiger partial charge in [0.15, 0.2) is 0 Å². The van der Waals surface area contributed by atoms with Gasteiger partial charge in [0.25, 0.3) is 0 Å². The molecular formula is C20H30N2O2. The minimum absolute atomic E-state index is 0.291. The second-order valence-corrected chi connectivity index (χ2v) is 7.29. The van der Waals surface area contributed by atoms with Crippen LogP contribution in [0.4, 0.5) is 0 Å². The predicted molar refractivity (Wildman–Crippen MR) is 95.7 cm³/mol. The van der Waals surface area contributed by atoms with Crippen molar-refractivity contribution in [3.8, 4) is 0 Å². The maximum Gasteiger partial charge on any atom is 0.237 e. The molecule has 1 aliphatic carbocycles. The topological polar surface area (TPSA) is 32.8 Å². The summed E-state index contributed by atoms with van der Waals surface area (Å²) < 4.78 is 5.34. The first-order valence-corrected chi connectivity index (χ1v) is 9.31. The van der Waals surface area contributed by atoms with Crippen LogP contribution in [-0.2, 0) is 16.1 Å². The van der Waals surface area contributed by atoms with Crippen molar-refractivity contribution in [2.24, 2.45) is 5.92 Å². The highest BCUT2D eigenvalue weighted by Crippen LogP contribution is 2.29. The number of carbonyl (C=O) groups is 1. The third-order valence-corrected chi connectivity index (χ3v) is 5.12. The highest BCUT2D eigenvalue weighted by molar-refractivity contribution is 5.79. The molecule has 2 aliphatic rings. The Balaban J connectivity index is 1.58. The van der Waals surface area contributed by atoms with E-state index in [9.17, 15) is 4.79 Å². The van der Waals surface area contributed by atoms with Crippen LogP contribution < -0.4 is 0 Å². The lowest BCUT2D eigenvalue weighted by Gasteiger charge is -2.28. The van der Waals surface area contributed by atoms with Crippen LogP contribution in [0.25, 0.3) is 0 Å². The van der Waals surface area contributed by atoms with Gasteiger partial charge in [-0.05, 0) is 43.7 Å². The molecule has 132 valence electrons. The molecule has 0 bridgehead atoms. The Morgan fingerprint density at radius 3 is 2.71 bits per heavy atom. The highest BCUT2D eigenvalue weighted by atomic mass is 16.5. The molecule has 3 rings (SSSR count). The number of carbonyl (C=O) groups excluding carboxylic acids is 1. The Labute approximate surface area is 145 Å². The Bertz CT molecular complexity index is 516. The maximum absolute atomic E-state index is 12.9. The molecule has 2 fully saturated rings. The van der Waals surface area contributed by atoms with Gasteiger partial charge in [-0.25, -0.2) is 0 Å². The summed E-state index contributed by atoms with van der Waals surface area (Å²) in [5.74, 6) is 0.855. The van der Waals surface area contributed by atoms with Crippen LogP contribution in [0.5, 0.6) is 0 Å². The van der Waals surface area contributed by atoms with E-state index >= 15 is 0 Å². The van der Waals surface area contributed by atoms with Crippen molar-refractivity contribution in [2.45, 2.75) is 44.7 Å². The molecule has 0 spiro atoms. The van der Waals surface area contributed by atoms with Gasteiger partial charge in [0.2, 0.25) is 5.91 Å². The molecule has 1 heterocycles. The number of likely N-dealkylation sites (tertiary alicyclic amines) is 1. The Morgan fingerprint density at radius 2 is 2.00 bits per heavy atom. The lowest BCUT2D eigenvalue weighted by molar-refractivity contribution is -0.133. The number of hydrogen-bond acceptors (Lipinski definition) is 3. The van der Waals surface area contributed by atoms with Crippen LogP contribution in [0.1, 0.15) is 37.7 Å². The minimum atomic E-state index is 0.291. The number of rotatable bonds is 7. The predicted octanol–water partition coefficient (Wildman–Crippen LogP) is 2.93. The van der Waals surface area contributed by atoms with Crippen molar-refractivity contribution in [3.05, 3.63) is 35.9 Å². The van der Waals surface area contributed by atoms with Gasteiger partial charge in [-0.3, -0.25) is 9.69 Å². The van der Waals surface area contributed by atoms with Crippen LogP contribution in [-0.4, -0.2) is 55.1 Å². The first-order valence-electron chi connectivity index (χ1n) is 9.31. The molecule has 0 unspecified atom stereocenters. The molecule has 1 aromatic rings. The van der Waals surface area contributed by atoms with Crippen LogP contribution in [0.15, 0.2) is 30.3 Å². The van der Waals surface area contributed by atoms with E-state index in [1.165, 1.54) is 24.8 Å². The van der Waals surface area contributed by atoms with Crippen molar-refractivity contribution in [3.63, 3.8) is 0 Å². The van der Waals surface area contributed by atoms with Crippen LogP contribution in [0, 0.1) is 5.92 Å². The largest absolute Gasteiger partial charge is 0.384 e. The number of nitrogens with zero attached hydrogens (tertiary/aromatic N) is 2. The number of methoxy groups -OCH3 is 1. The quantitative estimate of drug-likeness (QED) is 0.771. The summed E-state index contributed by atoms with van der Waals surface area (Å²) in [6.45, 7) is 4.14. The van der Waals surface area contributed by atoms with Crippen molar-refractivity contribution in [2.75, 3.05) is 33.4 Å². The van der Waals surface area contributed by atoms with Crippen molar-refractivity contribution in [1.82, 2.24) is 9.80 Å². The maximum atomic E-state index is 12.9. The first kappa shape index (κ1) is 17.4. The smallest absolute Gasteiger partial charge is 0.237 e. The normalized spacial score (nSPS) is 22.1. The SMILES string of the molecule is COC[C@@H]1CCCCN(CC(=O)N(Cc2ccccc2)C2CC2)C1. The van der Waals surface area contributed by atoms with E-state index in [-0.39, 0.29) is 0 Å². The summed E-state index contributed by atoms with van der Waals surface area (Å²) in [6.07, 6.45) is 5.97. The Hall–Kier alpha value is -1.39. The zero-order valence-electron chi connectivity index (χ0n) is 14.8. The molecule has 0 radical (unpaired) electrons. The molecule has 1 amide bonds. The van der Waals surface area contributed by atoms with Gasteiger partial charge in [-0.2, -0.15) is 0 Å². The van der Waals surface area contributed by atoms with Gasteiger partial charge in [0.1, 0.15) is 0 Å². The Morgan fingerprint density at radius 1 is 1.21 bits per heavy atom. The summed E-state index contributed by atoms with van der Waals surface area (Å²) in [5, 5.41) is 0. The molecule has 0 aromatic heterocycles. The summed E-state index contributed by atoms with van der Waals surface area (Å²) in [5.41, 5.74) is 1.23. The lowest BCUT2D eigenvalue weighted by atomic mass is 10.0. The van der Waals surface area contributed by atoms with E-state index in [0.29, 0.717) is 24.4 Å². The van der Waals surface area contributed by atoms with Crippen LogP contribution in [0.3, 0.4) is 0 Å². The zero-order valence-corrected chi connectivity index (χ0v) is 14.8. The third kappa shape index (κ3) is 5.05. The van der Waals surface area contributed by atoms with Gasteiger partial charge in [0.05, 0.1) is 13.2 Å². The van der Waals surface area contributed by atoms with Crippen molar-refractivity contribution in [1.29, 1.82) is 0 Å². The summed E-state index contributed by atoms with van der Waals surface area (Å²) in [4.78, 5) is 17.4. The van der Waals surface area contributed by atoms with E-state index in [4.69, 9.17) is 4.74 Å². The summed E-state index contributed by atoms with van der Waals surface area (Å²) in [6, 6.07) is 10.8. The number of benzene rings is 1.